The van der Waals surface area contributed by atoms with Crippen molar-refractivity contribution >= 4 is 5.65 Å². The maximum Gasteiger partial charge on any atom is 0.291 e. The molecule has 17 heavy (non-hydrogen) atoms. The third-order valence-electron chi connectivity index (χ3n) is 2.84. The molecule has 84 valence electrons. The zero-order chi connectivity index (χ0) is 11.8. The Kier molecular flexibility index (Phi) is 2.08. The van der Waals surface area contributed by atoms with Gasteiger partial charge in [0.15, 0.2) is 0 Å². The lowest BCUT2D eigenvalue weighted by molar-refractivity contribution is 1.05. The van der Waals surface area contributed by atoms with Crippen LogP contribution in [-0.4, -0.2) is 14.4 Å². The second-order valence-corrected chi connectivity index (χ2v) is 3.89. The second-order valence-electron chi connectivity index (χ2n) is 3.89. The average Bonchev–Trinajstić information content (AvgIpc) is 2.70. The molecule has 0 aliphatic heterocycles. The largest absolute Gasteiger partial charge is 0.324 e. The van der Waals surface area contributed by atoms with Crippen molar-refractivity contribution in [3.63, 3.8) is 0 Å². The van der Waals surface area contributed by atoms with E-state index in [0.717, 1.165) is 17.0 Å². The summed E-state index contributed by atoms with van der Waals surface area (Å²) >= 11 is 0. The van der Waals surface area contributed by atoms with Crippen LogP contribution in [-0.2, 0) is 0 Å². The van der Waals surface area contributed by atoms with E-state index in [-0.39, 0.29) is 5.56 Å². The molecular weight excluding hydrogens is 214 g/mol. The number of nitrogens with zero attached hydrogens (tertiary/aromatic N) is 2. The first kappa shape index (κ1) is 9.84. The molecule has 1 aromatic carbocycles. The molecule has 3 rings (SSSR count). The van der Waals surface area contributed by atoms with Gasteiger partial charge in [0, 0.05) is 23.7 Å². The first-order chi connectivity index (χ1) is 8.27. The molecule has 0 radical (unpaired) electrons. The van der Waals surface area contributed by atoms with Crippen LogP contribution in [0.1, 0.15) is 5.69 Å². The number of aromatic nitrogens is 3. The number of aromatic amines is 1. The van der Waals surface area contributed by atoms with Gasteiger partial charge in [-0.05, 0) is 6.92 Å². The molecule has 4 nitrogen and oxygen atoms in total. The van der Waals surface area contributed by atoms with Gasteiger partial charge in [-0.2, -0.15) is 0 Å². The van der Waals surface area contributed by atoms with E-state index < -0.39 is 0 Å². The number of imidazole rings is 1. The van der Waals surface area contributed by atoms with Gasteiger partial charge >= 0.3 is 0 Å². The van der Waals surface area contributed by atoms with Crippen molar-refractivity contribution in [1.29, 1.82) is 0 Å². The van der Waals surface area contributed by atoms with Crippen molar-refractivity contribution in [1.82, 2.24) is 14.4 Å². The van der Waals surface area contributed by atoms with E-state index in [1.54, 1.807) is 10.6 Å². The Morgan fingerprint density at radius 2 is 2.00 bits per heavy atom. The zero-order valence-electron chi connectivity index (χ0n) is 9.34. The maximum absolute atomic E-state index is 11.6. The van der Waals surface area contributed by atoms with Crippen molar-refractivity contribution in [3.05, 3.63) is 58.8 Å². The first-order valence-electron chi connectivity index (χ1n) is 5.39. The maximum atomic E-state index is 11.6. The molecule has 0 saturated heterocycles. The minimum atomic E-state index is -0.169. The van der Waals surface area contributed by atoms with Gasteiger partial charge in [-0.1, -0.05) is 30.3 Å². The van der Waals surface area contributed by atoms with Crippen LogP contribution >= 0.6 is 0 Å². The molecule has 0 atom stereocenters. The molecule has 1 N–H and O–H groups in total. The van der Waals surface area contributed by atoms with Crippen LogP contribution in [0.2, 0.25) is 0 Å². The van der Waals surface area contributed by atoms with Crippen LogP contribution in [0, 0.1) is 6.92 Å². The Hall–Kier alpha value is -2.36. The molecule has 0 saturated carbocycles. The minimum Gasteiger partial charge on any atom is -0.324 e. The molecule has 0 amide bonds. The number of nitrogens with one attached hydrogen (secondary N) is 1. The summed E-state index contributed by atoms with van der Waals surface area (Å²) in [5.41, 5.74) is 3.11. The Bertz CT molecular complexity index is 725. The number of benzene rings is 1. The Balaban J connectivity index is 2.36. The van der Waals surface area contributed by atoms with E-state index in [2.05, 4.69) is 9.97 Å². The third-order valence-corrected chi connectivity index (χ3v) is 2.84. The van der Waals surface area contributed by atoms with Crippen molar-refractivity contribution in [3.8, 4) is 11.3 Å². The van der Waals surface area contributed by atoms with E-state index in [0.29, 0.717) is 5.65 Å². The summed E-state index contributed by atoms with van der Waals surface area (Å²) < 4.78 is 1.81. The zero-order valence-corrected chi connectivity index (χ0v) is 9.34. The molecule has 3 aromatic rings. The van der Waals surface area contributed by atoms with E-state index in [9.17, 15) is 4.79 Å². The Labute approximate surface area is 97.6 Å². The summed E-state index contributed by atoms with van der Waals surface area (Å²) in [7, 11) is 0. The summed E-state index contributed by atoms with van der Waals surface area (Å²) in [4.78, 5) is 18.7. The van der Waals surface area contributed by atoms with Crippen molar-refractivity contribution < 1.29 is 0 Å². The summed E-state index contributed by atoms with van der Waals surface area (Å²) in [6.07, 6.45) is 3.43. The molecule has 2 aromatic heterocycles. The van der Waals surface area contributed by atoms with Gasteiger partial charge < -0.3 is 4.98 Å². The monoisotopic (exact) mass is 225 g/mol. The van der Waals surface area contributed by atoms with Crippen LogP contribution in [0.3, 0.4) is 0 Å². The number of H-pyrrole nitrogens is 1. The highest BCUT2D eigenvalue weighted by molar-refractivity contribution is 5.65. The van der Waals surface area contributed by atoms with E-state index in [1.165, 1.54) is 0 Å². The SMILES string of the molecule is Cc1c(-c2ccccc2)nc2c(=O)[nH]ccn12. The smallest absolute Gasteiger partial charge is 0.291 e. The lowest BCUT2D eigenvalue weighted by Gasteiger charge is -1.98. The summed E-state index contributed by atoms with van der Waals surface area (Å²) in [5, 5.41) is 0. The molecular formula is C13H11N3O. The molecule has 0 fully saturated rings. The number of rotatable bonds is 1. The topological polar surface area (TPSA) is 50.2 Å². The molecule has 0 unspecified atom stereocenters. The van der Waals surface area contributed by atoms with Crippen LogP contribution in [0.4, 0.5) is 0 Å². The van der Waals surface area contributed by atoms with Crippen LogP contribution in [0.15, 0.2) is 47.5 Å². The predicted molar refractivity (Wildman–Crippen MR) is 66.0 cm³/mol. The van der Waals surface area contributed by atoms with Crippen molar-refractivity contribution in [2.24, 2.45) is 0 Å². The van der Waals surface area contributed by atoms with Crippen LogP contribution in [0.25, 0.3) is 16.9 Å². The molecule has 2 heterocycles. The van der Waals surface area contributed by atoms with E-state index in [4.69, 9.17) is 0 Å². The molecule has 0 aliphatic carbocycles. The van der Waals surface area contributed by atoms with Crippen LogP contribution < -0.4 is 5.56 Å². The number of aryl methyl sites for hydroxylation is 1. The Morgan fingerprint density at radius 1 is 1.24 bits per heavy atom. The standard InChI is InChI=1S/C13H11N3O/c1-9-11(10-5-3-2-4-6-10)15-12-13(17)14-7-8-16(9)12/h2-8H,1H3,(H,14,17). The minimum absolute atomic E-state index is 0.169. The van der Waals surface area contributed by atoms with Crippen molar-refractivity contribution in [2.45, 2.75) is 6.92 Å². The molecule has 0 bridgehead atoms. The first-order valence-corrected chi connectivity index (χ1v) is 5.39. The summed E-state index contributed by atoms with van der Waals surface area (Å²) in [6, 6.07) is 9.86. The molecule has 0 spiro atoms. The molecule has 0 aliphatic rings. The highest BCUT2D eigenvalue weighted by Gasteiger charge is 2.11. The third kappa shape index (κ3) is 1.45. The Morgan fingerprint density at radius 3 is 2.71 bits per heavy atom. The number of hydrogen-bond acceptors (Lipinski definition) is 2. The van der Waals surface area contributed by atoms with Crippen LogP contribution in [0.5, 0.6) is 0 Å². The lowest BCUT2D eigenvalue weighted by Crippen LogP contribution is -2.08. The van der Waals surface area contributed by atoms with E-state index in [1.807, 2.05) is 43.5 Å². The number of hydrogen-bond donors (Lipinski definition) is 1. The van der Waals surface area contributed by atoms with Crippen molar-refractivity contribution in [2.75, 3.05) is 0 Å². The van der Waals surface area contributed by atoms with Gasteiger partial charge in [-0.3, -0.25) is 9.20 Å². The summed E-state index contributed by atoms with van der Waals surface area (Å²) in [6.45, 7) is 1.96. The predicted octanol–water partition coefficient (Wildman–Crippen LogP) is 2.00. The number of fused-ring (bicyclic) bond motifs is 1. The van der Waals surface area contributed by atoms with Gasteiger partial charge in [0.1, 0.15) is 0 Å². The average molecular weight is 225 g/mol. The normalized spacial score (nSPS) is 10.9. The van der Waals surface area contributed by atoms with Gasteiger partial charge in [0.25, 0.3) is 5.56 Å². The molecule has 4 heteroatoms. The second kappa shape index (κ2) is 3.59. The van der Waals surface area contributed by atoms with Gasteiger partial charge in [0.2, 0.25) is 5.65 Å². The fourth-order valence-electron chi connectivity index (χ4n) is 1.98. The lowest BCUT2D eigenvalue weighted by atomic mass is 10.1. The van der Waals surface area contributed by atoms with Gasteiger partial charge in [-0.25, -0.2) is 4.98 Å². The quantitative estimate of drug-likeness (QED) is 0.688. The van der Waals surface area contributed by atoms with E-state index >= 15 is 0 Å². The van der Waals surface area contributed by atoms with Gasteiger partial charge in [0.05, 0.1) is 5.69 Å². The highest BCUT2D eigenvalue weighted by Crippen LogP contribution is 2.21. The summed E-state index contributed by atoms with van der Waals surface area (Å²) in [5.74, 6) is 0. The van der Waals surface area contributed by atoms with Gasteiger partial charge in [-0.15, -0.1) is 0 Å². The fraction of sp³-hybridized carbons (Fsp3) is 0.0769. The highest BCUT2D eigenvalue weighted by atomic mass is 16.1. The fourth-order valence-corrected chi connectivity index (χ4v) is 1.98.